The van der Waals surface area contributed by atoms with Crippen molar-refractivity contribution in [1.29, 1.82) is 0 Å². The maximum absolute atomic E-state index is 14.5. The van der Waals surface area contributed by atoms with Crippen LogP contribution in [0.25, 0.3) is 45.0 Å². The van der Waals surface area contributed by atoms with Crippen molar-refractivity contribution in [2.45, 2.75) is 95.6 Å². The minimum absolute atomic E-state index is 0.145. The number of nitrogens with zero attached hydrogens (tertiary/aromatic N) is 10. The fourth-order valence-electron chi connectivity index (χ4n) is 13.0. The van der Waals surface area contributed by atoms with Gasteiger partial charge in [0.1, 0.15) is 23.3 Å². The molecule has 4 aliphatic carbocycles. The summed E-state index contributed by atoms with van der Waals surface area (Å²) in [4.78, 5) is 21.3. The zero-order valence-corrected chi connectivity index (χ0v) is 43.2. The zero-order chi connectivity index (χ0) is 53.5. The molecule has 4 aliphatic rings. The number of primary amides is 1. The lowest BCUT2D eigenvalue weighted by atomic mass is 9.66. The smallest absolute Gasteiger partial charge is 0.219 e. The lowest BCUT2D eigenvalue weighted by molar-refractivity contribution is -0.118. The van der Waals surface area contributed by atoms with Gasteiger partial charge in [0.25, 0.3) is 0 Å². The summed E-state index contributed by atoms with van der Waals surface area (Å²) in [5, 5.41) is 26.5. The van der Waals surface area contributed by atoms with Gasteiger partial charge in [-0.2, -0.15) is 20.4 Å². The molecule has 0 radical (unpaired) electrons. The third-order valence-corrected chi connectivity index (χ3v) is 17.5. The lowest BCUT2D eigenvalue weighted by Gasteiger charge is -2.37. The molecule has 2 fully saturated rings. The molecule has 0 spiro atoms. The molecule has 12 rings (SSSR count). The van der Waals surface area contributed by atoms with Crippen LogP contribution in [0.4, 0.5) is 17.6 Å². The van der Waals surface area contributed by atoms with E-state index >= 15 is 0 Å². The van der Waals surface area contributed by atoms with E-state index in [1.54, 1.807) is 27.8 Å². The van der Waals surface area contributed by atoms with Crippen molar-refractivity contribution in [3.05, 3.63) is 167 Å². The molecule has 0 saturated heterocycles. The summed E-state index contributed by atoms with van der Waals surface area (Å²) >= 11 is 0. The standard InChI is InChI=1S/C28H28F2N6O2S.C28H26F2N6O/c1-27(2)19-10-11-28(27,26-18(19)14-23(34-35-26)25-20(29)6-4-7-21(25)30)24-9-5-8-22(33-24)17-15-31-36(16-17)13-12-32-39(3,37)38;1-27(2)18-9-11-28(27,26-17(18)13-22(34-35-26)25-19(29)5-3-6-20(25)30)23-8-4-7-21(33-23)16-14-32-36(15-16)12-10-24(31)37/h4-9,14-16,19,32H,10-13H2,1-3H3;3-8,13-15,18H,9-12H2,1-2H3,(H2,31,37)/t19-,28-;18-,28-/m00/s1. The molecular formula is C56H54F4N12O3S. The molecule has 15 nitrogen and oxygen atoms in total. The summed E-state index contributed by atoms with van der Waals surface area (Å²) in [6.07, 6.45) is 12.0. The van der Waals surface area contributed by atoms with E-state index in [-0.39, 0.29) is 64.1 Å². The minimum Gasteiger partial charge on any atom is -0.370 e. The fourth-order valence-corrected chi connectivity index (χ4v) is 13.4. The average molecular weight is 1050 g/mol. The van der Waals surface area contributed by atoms with Gasteiger partial charge >= 0.3 is 0 Å². The van der Waals surface area contributed by atoms with Crippen LogP contribution in [0.5, 0.6) is 0 Å². The van der Waals surface area contributed by atoms with Crippen molar-refractivity contribution in [2.75, 3.05) is 12.8 Å². The first kappa shape index (κ1) is 50.6. The van der Waals surface area contributed by atoms with Crippen molar-refractivity contribution in [2.24, 2.45) is 16.6 Å². The Morgan fingerprint density at radius 3 is 1.47 bits per heavy atom. The molecule has 2 aromatic carbocycles. The Balaban J connectivity index is 0.000000162. The Bertz CT molecular complexity index is 3690. The van der Waals surface area contributed by atoms with Gasteiger partial charge < -0.3 is 5.73 Å². The van der Waals surface area contributed by atoms with E-state index in [2.05, 4.69) is 63.0 Å². The van der Waals surface area contributed by atoms with Gasteiger partial charge in [-0.05, 0) is 120 Å². The molecule has 390 valence electrons. The summed E-state index contributed by atoms with van der Waals surface area (Å²) in [5.74, 6) is -2.71. The first-order valence-electron chi connectivity index (χ1n) is 25.1. The summed E-state index contributed by atoms with van der Waals surface area (Å²) in [6, 6.07) is 23.0. The van der Waals surface area contributed by atoms with Crippen molar-refractivity contribution >= 4 is 15.9 Å². The Hall–Kier alpha value is -7.58. The highest BCUT2D eigenvalue weighted by Gasteiger charge is 2.66. The molecular weight excluding hydrogens is 997 g/mol. The molecule has 0 unspecified atom stereocenters. The van der Waals surface area contributed by atoms with E-state index in [1.807, 2.05) is 54.9 Å². The van der Waals surface area contributed by atoms with E-state index in [0.717, 1.165) is 88.4 Å². The van der Waals surface area contributed by atoms with E-state index in [0.29, 0.717) is 13.1 Å². The van der Waals surface area contributed by atoms with Gasteiger partial charge in [0.15, 0.2) is 0 Å². The Labute approximate surface area is 436 Å². The van der Waals surface area contributed by atoms with Gasteiger partial charge in [0.2, 0.25) is 15.9 Å². The van der Waals surface area contributed by atoms with Gasteiger partial charge in [-0.3, -0.25) is 24.1 Å². The molecule has 2 saturated carbocycles. The summed E-state index contributed by atoms with van der Waals surface area (Å²) in [7, 11) is -3.27. The van der Waals surface area contributed by atoms with Crippen LogP contribution in [0, 0.1) is 34.1 Å². The normalized spacial score (nSPS) is 21.3. The van der Waals surface area contributed by atoms with Crippen LogP contribution >= 0.6 is 0 Å². The quantitative estimate of drug-likeness (QED) is 0.104. The molecule has 6 heterocycles. The van der Waals surface area contributed by atoms with E-state index in [9.17, 15) is 30.8 Å². The third kappa shape index (κ3) is 8.18. The molecule has 6 aromatic heterocycles. The number of carbonyl (C=O) groups excluding carboxylic acids is 1. The number of halogens is 4. The highest BCUT2D eigenvalue weighted by atomic mass is 32.2. The van der Waals surface area contributed by atoms with Crippen LogP contribution in [0.15, 0.2) is 110 Å². The number of fused-ring (bicyclic) bond motifs is 10. The van der Waals surface area contributed by atoms with E-state index < -0.39 is 44.1 Å². The number of amides is 1. The van der Waals surface area contributed by atoms with E-state index in [4.69, 9.17) is 15.7 Å². The highest BCUT2D eigenvalue weighted by Crippen LogP contribution is 2.71. The van der Waals surface area contributed by atoms with Crippen LogP contribution in [0.3, 0.4) is 0 Å². The largest absolute Gasteiger partial charge is 0.370 e. The SMILES string of the molecule is CC1(C)[C@H]2CC[C@]1(c1cccc(-c3cnn(CCC(N)=O)c3)n1)c1nnc(-c3c(F)cccc3F)cc12.CC1(C)[C@H]2CC[C@]1(c1cccc(-c3cnn(CCNS(C)(=O)=O)c3)n1)c1nnc(-c3c(F)cccc3F)cc12. The molecule has 76 heavy (non-hydrogen) atoms. The number of hydrogen-bond acceptors (Lipinski definition) is 11. The van der Waals surface area contributed by atoms with Crippen LogP contribution in [-0.2, 0) is 38.7 Å². The van der Waals surface area contributed by atoms with Crippen molar-refractivity contribution in [3.8, 4) is 45.0 Å². The third-order valence-electron chi connectivity index (χ3n) is 16.7. The number of hydrogen-bond donors (Lipinski definition) is 2. The fraction of sp³-hybridized carbons (Fsp3) is 0.339. The number of carbonyl (C=O) groups is 1. The predicted molar refractivity (Wildman–Crippen MR) is 275 cm³/mol. The predicted octanol–water partition coefficient (Wildman–Crippen LogP) is 9.19. The second-order valence-corrected chi connectivity index (χ2v) is 23.2. The van der Waals surface area contributed by atoms with Crippen molar-refractivity contribution < 1.29 is 30.8 Å². The number of pyridine rings is 2. The highest BCUT2D eigenvalue weighted by molar-refractivity contribution is 7.88. The van der Waals surface area contributed by atoms with Crippen LogP contribution < -0.4 is 10.5 Å². The van der Waals surface area contributed by atoms with Gasteiger partial charge in [-0.1, -0.05) is 52.0 Å². The monoisotopic (exact) mass is 1050 g/mol. The number of sulfonamides is 1. The molecule has 8 aromatic rings. The first-order valence-corrected chi connectivity index (χ1v) is 27.0. The Morgan fingerprint density at radius 1 is 0.632 bits per heavy atom. The number of nitrogens with two attached hydrogens (primary N) is 1. The average Bonchev–Trinajstić information content (AvgIpc) is 4.30. The lowest BCUT2D eigenvalue weighted by Crippen LogP contribution is -2.37. The molecule has 4 bridgehead atoms. The molecule has 1 amide bonds. The topological polar surface area (TPSA) is 202 Å². The van der Waals surface area contributed by atoms with Crippen LogP contribution in [0.1, 0.15) is 106 Å². The first-order chi connectivity index (χ1) is 36.2. The summed E-state index contributed by atoms with van der Waals surface area (Å²) in [5.41, 5.74) is 12.4. The zero-order valence-electron chi connectivity index (χ0n) is 42.4. The van der Waals surface area contributed by atoms with Crippen LogP contribution in [0.2, 0.25) is 0 Å². The van der Waals surface area contributed by atoms with Gasteiger partial charge in [0, 0.05) is 43.0 Å². The maximum Gasteiger partial charge on any atom is 0.219 e. The number of aryl methyl sites for hydroxylation is 1. The van der Waals surface area contributed by atoms with Crippen molar-refractivity contribution in [1.82, 2.24) is 54.6 Å². The van der Waals surface area contributed by atoms with E-state index in [1.165, 1.54) is 36.4 Å². The molecule has 4 atom stereocenters. The number of aromatic nitrogens is 10. The van der Waals surface area contributed by atoms with Crippen LogP contribution in [-0.4, -0.2) is 77.0 Å². The maximum atomic E-state index is 14.5. The second kappa shape index (κ2) is 18.6. The summed E-state index contributed by atoms with van der Waals surface area (Å²) in [6.45, 7) is 9.87. The van der Waals surface area contributed by atoms with Gasteiger partial charge in [-0.15, -0.1) is 10.2 Å². The van der Waals surface area contributed by atoms with Gasteiger partial charge in [-0.25, -0.2) is 30.7 Å². The summed E-state index contributed by atoms with van der Waals surface area (Å²) < 4.78 is 86.6. The molecule has 3 N–H and O–H groups in total. The molecule has 0 aliphatic heterocycles. The minimum atomic E-state index is -3.27. The molecule has 20 heteroatoms. The Kier molecular flexibility index (Phi) is 12.4. The number of rotatable bonds is 13. The Morgan fingerprint density at radius 2 is 1.05 bits per heavy atom. The second-order valence-electron chi connectivity index (χ2n) is 21.4. The van der Waals surface area contributed by atoms with Gasteiger partial charge in [0.05, 0.1) is 92.7 Å². The number of nitrogens with one attached hydrogen (secondary N) is 1. The number of benzene rings is 2. The van der Waals surface area contributed by atoms with Crippen molar-refractivity contribution in [3.63, 3.8) is 0 Å².